The van der Waals surface area contributed by atoms with E-state index in [1.165, 1.54) is 6.42 Å². The topological polar surface area (TPSA) is 42.0 Å². The van der Waals surface area contributed by atoms with Gasteiger partial charge in [0, 0.05) is 22.7 Å². The monoisotopic (exact) mass is 328 g/mol. The summed E-state index contributed by atoms with van der Waals surface area (Å²) in [5.74, 6) is 0.854. The first kappa shape index (κ1) is 16.0. The van der Waals surface area contributed by atoms with Gasteiger partial charge in [0.05, 0.1) is 0 Å². The normalized spacial score (nSPS) is 15.4. The molecule has 3 rings (SSSR count). The van der Waals surface area contributed by atoms with Gasteiger partial charge in [-0.25, -0.2) is 4.98 Å². The summed E-state index contributed by atoms with van der Waals surface area (Å²) in [6.45, 7) is 2.02. The van der Waals surface area contributed by atoms with Crippen molar-refractivity contribution in [1.29, 1.82) is 0 Å². The molecule has 0 spiro atoms. The first-order valence-electron chi connectivity index (χ1n) is 8.16. The van der Waals surface area contributed by atoms with Crippen LogP contribution in [0.1, 0.15) is 37.7 Å². The number of aromatic nitrogens is 1. The minimum Gasteiger partial charge on any atom is -0.310 e. The highest BCUT2D eigenvalue weighted by Gasteiger charge is 2.21. The average Bonchev–Trinajstić information content (AvgIpc) is 2.55. The fourth-order valence-electron chi connectivity index (χ4n) is 3.13. The number of benzene rings is 1. The molecule has 0 atom stereocenters. The zero-order valence-corrected chi connectivity index (χ0v) is 14.1. The zero-order valence-electron chi connectivity index (χ0n) is 13.3. The van der Waals surface area contributed by atoms with E-state index in [4.69, 9.17) is 11.6 Å². The second kappa shape index (κ2) is 7.14. The van der Waals surface area contributed by atoms with Crippen LogP contribution in [0.3, 0.4) is 0 Å². The van der Waals surface area contributed by atoms with Crippen molar-refractivity contribution < 1.29 is 4.79 Å². The number of anilines is 1. The van der Waals surface area contributed by atoms with Crippen molar-refractivity contribution in [3.63, 3.8) is 0 Å². The van der Waals surface area contributed by atoms with Gasteiger partial charge in [-0.05, 0) is 55.2 Å². The molecular formula is C19H21ClN2O. The molecule has 0 radical (unpaired) electrons. The maximum absolute atomic E-state index is 12.2. The van der Waals surface area contributed by atoms with Crippen molar-refractivity contribution in [1.82, 2.24) is 4.98 Å². The molecule has 3 nitrogen and oxygen atoms in total. The van der Waals surface area contributed by atoms with Crippen molar-refractivity contribution in [3.8, 4) is 11.1 Å². The van der Waals surface area contributed by atoms with Gasteiger partial charge in [-0.15, -0.1) is 0 Å². The van der Waals surface area contributed by atoms with E-state index in [0.717, 1.165) is 47.4 Å². The summed E-state index contributed by atoms with van der Waals surface area (Å²) in [7, 11) is 0. The average molecular weight is 329 g/mol. The molecule has 0 saturated heterocycles. The van der Waals surface area contributed by atoms with Crippen LogP contribution in [0.4, 0.5) is 5.82 Å². The third-order valence-electron chi connectivity index (χ3n) is 4.37. The Morgan fingerprint density at radius 3 is 2.57 bits per heavy atom. The number of rotatable bonds is 3. The maximum atomic E-state index is 12.2. The van der Waals surface area contributed by atoms with E-state index in [2.05, 4.69) is 16.4 Å². The molecule has 120 valence electrons. The molecule has 1 amide bonds. The SMILES string of the molecule is Cc1cc(Cl)cc(-c2ccc(NC(=O)C3CCCCC3)nc2)c1. The van der Waals surface area contributed by atoms with Gasteiger partial charge in [-0.1, -0.05) is 36.9 Å². The van der Waals surface area contributed by atoms with Gasteiger partial charge >= 0.3 is 0 Å². The van der Waals surface area contributed by atoms with E-state index in [-0.39, 0.29) is 11.8 Å². The van der Waals surface area contributed by atoms with E-state index < -0.39 is 0 Å². The molecule has 1 N–H and O–H groups in total. The zero-order chi connectivity index (χ0) is 16.2. The molecular weight excluding hydrogens is 308 g/mol. The van der Waals surface area contributed by atoms with Crippen LogP contribution in [0.5, 0.6) is 0 Å². The number of aryl methyl sites for hydroxylation is 1. The van der Waals surface area contributed by atoms with Gasteiger partial charge in [0.2, 0.25) is 5.91 Å². The number of hydrogen-bond donors (Lipinski definition) is 1. The second-order valence-electron chi connectivity index (χ2n) is 6.27. The lowest BCUT2D eigenvalue weighted by molar-refractivity contribution is -0.120. The number of nitrogens with one attached hydrogen (secondary N) is 1. The van der Waals surface area contributed by atoms with Crippen LogP contribution in [0.2, 0.25) is 5.02 Å². The molecule has 0 bridgehead atoms. The molecule has 1 aliphatic carbocycles. The molecule has 1 saturated carbocycles. The van der Waals surface area contributed by atoms with E-state index in [1.807, 2.05) is 31.2 Å². The number of nitrogens with zero attached hydrogens (tertiary/aromatic N) is 1. The lowest BCUT2D eigenvalue weighted by atomic mass is 9.89. The summed E-state index contributed by atoms with van der Waals surface area (Å²) in [5.41, 5.74) is 3.14. The number of carbonyl (C=O) groups excluding carboxylic acids is 1. The van der Waals surface area contributed by atoms with E-state index >= 15 is 0 Å². The highest BCUT2D eigenvalue weighted by Crippen LogP contribution is 2.26. The van der Waals surface area contributed by atoms with E-state index in [1.54, 1.807) is 6.20 Å². The first-order valence-corrected chi connectivity index (χ1v) is 8.54. The molecule has 23 heavy (non-hydrogen) atoms. The Morgan fingerprint density at radius 1 is 1.13 bits per heavy atom. The lowest BCUT2D eigenvalue weighted by Gasteiger charge is -2.20. The molecule has 1 heterocycles. The number of pyridine rings is 1. The Kier molecular flexibility index (Phi) is 4.97. The molecule has 0 aliphatic heterocycles. The molecule has 2 aromatic rings. The fraction of sp³-hybridized carbons (Fsp3) is 0.368. The molecule has 1 aromatic heterocycles. The molecule has 1 aliphatic rings. The maximum Gasteiger partial charge on any atom is 0.228 e. The Balaban J connectivity index is 1.70. The van der Waals surface area contributed by atoms with Crippen LogP contribution >= 0.6 is 11.6 Å². The number of carbonyl (C=O) groups is 1. The molecule has 1 fully saturated rings. The Bertz CT molecular complexity index is 671. The van der Waals surface area contributed by atoms with Gasteiger partial charge in [0.15, 0.2) is 0 Å². The predicted octanol–water partition coefficient (Wildman–Crippen LogP) is 5.23. The van der Waals surface area contributed by atoms with Gasteiger partial charge in [-0.3, -0.25) is 4.79 Å². The molecule has 0 unspecified atom stereocenters. The summed E-state index contributed by atoms with van der Waals surface area (Å²) < 4.78 is 0. The third-order valence-corrected chi connectivity index (χ3v) is 4.58. The summed E-state index contributed by atoms with van der Waals surface area (Å²) in [6.07, 6.45) is 7.31. The highest BCUT2D eigenvalue weighted by atomic mass is 35.5. The van der Waals surface area contributed by atoms with Crippen LogP contribution in [-0.2, 0) is 4.79 Å². The summed E-state index contributed by atoms with van der Waals surface area (Å²) >= 11 is 6.11. The largest absolute Gasteiger partial charge is 0.310 e. The Hall–Kier alpha value is -1.87. The van der Waals surface area contributed by atoms with Crippen LogP contribution in [0.15, 0.2) is 36.5 Å². The van der Waals surface area contributed by atoms with Crippen molar-refractivity contribution >= 4 is 23.3 Å². The number of halogens is 1. The van der Waals surface area contributed by atoms with Crippen LogP contribution in [-0.4, -0.2) is 10.9 Å². The number of hydrogen-bond acceptors (Lipinski definition) is 2. The van der Waals surface area contributed by atoms with Gasteiger partial charge < -0.3 is 5.32 Å². The summed E-state index contributed by atoms with van der Waals surface area (Å²) in [6, 6.07) is 9.74. The van der Waals surface area contributed by atoms with Gasteiger partial charge in [0.25, 0.3) is 0 Å². The minimum absolute atomic E-state index is 0.101. The van der Waals surface area contributed by atoms with Gasteiger partial charge in [0.1, 0.15) is 5.82 Å². The van der Waals surface area contributed by atoms with Crippen molar-refractivity contribution in [2.75, 3.05) is 5.32 Å². The Morgan fingerprint density at radius 2 is 1.91 bits per heavy atom. The lowest BCUT2D eigenvalue weighted by Crippen LogP contribution is -2.25. The Labute approximate surface area is 142 Å². The van der Waals surface area contributed by atoms with Crippen LogP contribution in [0.25, 0.3) is 11.1 Å². The second-order valence-corrected chi connectivity index (χ2v) is 6.71. The fourth-order valence-corrected chi connectivity index (χ4v) is 3.42. The quantitative estimate of drug-likeness (QED) is 0.838. The highest BCUT2D eigenvalue weighted by molar-refractivity contribution is 6.30. The van der Waals surface area contributed by atoms with Crippen molar-refractivity contribution in [2.24, 2.45) is 5.92 Å². The van der Waals surface area contributed by atoms with Crippen molar-refractivity contribution in [3.05, 3.63) is 47.1 Å². The van der Waals surface area contributed by atoms with Crippen LogP contribution < -0.4 is 5.32 Å². The smallest absolute Gasteiger partial charge is 0.228 e. The van der Waals surface area contributed by atoms with E-state index in [0.29, 0.717) is 5.82 Å². The molecule has 4 heteroatoms. The first-order chi connectivity index (χ1) is 11.1. The van der Waals surface area contributed by atoms with E-state index in [9.17, 15) is 4.79 Å². The van der Waals surface area contributed by atoms with Gasteiger partial charge in [-0.2, -0.15) is 0 Å². The minimum atomic E-state index is 0.101. The standard InChI is InChI=1S/C19H21ClN2O/c1-13-9-16(11-17(20)10-13)15-7-8-18(21-12-15)22-19(23)14-5-3-2-4-6-14/h7-12,14H,2-6H2,1H3,(H,21,22,23). The van der Waals surface area contributed by atoms with Crippen molar-refractivity contribution in [2.45, 2.75) is 39.0 Å². The third kappa shape index (κ3) is 4.11. The summed E-state index contributed by atoms with van der Waals surface area (Å²) in [4.78, 5) is 16.6. The summed E-state index contributed by atoms with van der Waals surface area (Å²) in [5, 5.41) is 3.65. The van der Waals surface area contributed by atoms with Crippen LogP contribution in [0, 0.1) is 12.8 Å². The predicted molar refractivity (Wildman–Crippen MR) is 94.6 cm³/mol. The molecule has 1 aromatic carbocycles. The number of amides is 1.